The monoisotopic (exact) mass is 548 g/mol. The van der Waals surface area contributed by atoms with E-state index in [1.54, 1.807) is 37.4 Å². The molecular formula is C29H28N2O7S. The van der Waals surface area contributed by atoms with Crippen molar-refractivity contribution in [3.8, 4) is 5.75 Å². The van der Waals surface area contributed by atoms with Crippen LogP contribution in [0.15, 0.2) is 72.9 Å². The summed E-state index contributed by atoms with van der Waals surface area (Å²) >= 11 is 0.643. The van der Waals surface area contributed by atoms with Gasteiger partial charge in [-0.3, -0.25) is 24.7 Å². The zero-order valence-corrected chi connectivity index (χ0v) is 22.4. The Balaban J connectivity index is 1.33. The molecule has 0 bridgehead atoms. The Morgan fingerprint density at radius 1 is 1.00 bits per heavy atom. The number of imide groups is 1. The molecule has 10 heteroatoms. The molecule has 0 radical (unpaired) electrons. The summed E-state index contributed by atoms with van der Waals surface area (Å²) in [6.07, 6.45) is 1.88. The van der Waals surface area contributed by atoms with E-state index in [0.29, 0.717) is 36.1 Å². The lowest BCUT2D eigenvalue weighted by molar-refractivity contribution is -0.151. The molecule has 1 aliphatic rings. The molecule has 4 rings (SSSR count). The lowest BCUT2D eigenvalue weighted by Gasteiger charge is -2.22. The van der Waals surface area contributed by atoms with Crippen LogP contribution < -0.4 is 10.1 Å². The number of thioether (sulfide) groups is 1. The predicted octanol–water partition coefficient (Wildman–Crippen LogP) is 4.33. The third-order valence-electron chi connectivity index (χ3n) is 6.05. The molecular weight excluding hydrogens is 520 g/mol. The lowest BCUT2D eigenvalue weighted by atomic mass is 9.97. The maximum atomic E-state index is 13.0. The molecule has 1 unspecified atom stereocenters. The van der Waals surface area contributed by atoms with Crippen LogP contribution in [0.1, 0.15) is 42.3 Å². The Morgan fingerprint density at radius 2 is 1.74 bits per heavy atom. The van der Waals surface area contributed by atoms with Crippen LogP contribution in [0.3, 0.4) is 0 Å². The molecule has 1 fully saturated rings. The largest absolute Gasteiger partial charge is 0.493 e. The van der Waals surface area contributed by atoms with E-state index in [0.717, 1.165) is 16.8 Å². The van der Waals surface area contributed by atoms with Crippen molar-refractivity contribution in [2.75, 3.05) is 6.61 Å². The van der Waals surface area contributed by atoms with Crippen molar-refractivity contribution in [1.82, 2.24) is 10.3 Å². The van der Waals surface area contributed by atoms with E-state index >= 15 is 0 Å². The molecule has 2 heterocycles. The topological polar surface area (TPSA) is 121 Å². The molecule has 1 saturated heterocycles. The van der Waals surface area contributed by atoms with Crippen molar-refractivity contribution in [1.29, 1.82) is 0 Å². The summed E-state index contributed by atoms with van der Waals surface area (Å²) in [5.74, 6) is -1.18. The van der Waals surface area contributed by atoms with Crippen molar-refractivity contribution in [3.05, 3.63) is 95.3 Å². The first kappa shape index (κ1) is 27.8. The van der Waals surface area contributed by atoms with Gasteiger partial charge in [0.1, 0.15) is 18.5 Å². The van der Waals surface area contributed by atoms with Crippen LogP contribution >= 0.6 is 11.8 Å². The predicted molar refractivity (Wildman–Crippen MR) is 144 cm³/mol. The van der Waals surface area contributed by atoms with E-state index in [9.17, 15) is 19.2 Å². The van der Waals surface area contributed by atoms with Gasteiger partial charge in [-0.25, -0.2) is 4.79 Å². The fourth-order valence-corrected chi connectivity index (χ4v) is 4.98. The maximum absolute atomic E-state index is 13.0. The van der Waals surface area contributed by atoms with Crippen LogP contribution in [0.25, 0.3) is 0 Å². The molecule has 0 saturated carbocycles. The molecule has 0 aliphatic carbocycles. The van der Waals surface area contributed by atoms with Gasteiger partial charge in [-0.1, -0.05) is 48.5 Å². The summed E-state index contributed by atoms with van der Waals surface area (Å²) in [5, 5.41) is 1.63. The number of carbonyl (C=O) groups excluding carboxylic acids is 4. The minimum Gasteiger partial charge on any atom is -0.493 e. The van der Waals surface area contributed by atoms with E-state index in [2.05, 4.69) is 10.3 Å². The van der Waals surface area contributed by atoms with Gasteiger partial charge < -0.3 is 14.2 Å². The minimum absolute atomic E-state index is 0.000959. The third kappa shape index (κ3) is 7.23. The maximum Gasteiger partial charge on any atom is 0.333 e. The molecule has 202 valence electrons. The van der Waals surface area contributed by atoms with E-state index < -0.39 is 21.9 Å². The number of esters is 2. The fraction of sp³-hybridized carbons (Fsp3) is 0.276. The molecule has 2 aromatic carbocycles. The van der Waals surface area contributed by atoms with Gasteiger partial charge >= 0.3 is 11.9 Å². The highest BCUT2D eigenvalue weighted by Crippen LogP contribution is 2.37. The molecule has 1 aromatic heterocycles. The number of rotatable bonds is 11. The summed E-state index contributed by atoms with van der Waals surface area (Å²) in [4.78, 5) is 53.3. The summed E-state index contributed by atoms with van der Waals surface area (Å²) < 4.78 is 14.7. The number of aromatic nitrogens is 1. The normalized spacial score (nSPS) is 17.3. The molecule has 39 heavy (non-hydrogen) atoms. The summed E-state index contributed by atoms with van der Waals surface area (Å²) in [6.45, 7) is 3.54. The number of benzene rings is 2. The van der Waals surface area contributed by atoms with Crippen LogP contribution in [-0.2, 0) is 43.3 Å². The number of hydrogen-bond donors (Lipinski definition) is 1. The highest BCUT2D eigenvalue weighted by Gasteiger charge is 2.55. The van der Waals surface area contributed by atoms with Crippen LogP contribution in [0, 0.1) is 0 Å². The molecule has 9 nitrogen and oxygen atoms in total. The third-order valence-corrected chi connectivity index (χ3v) is 7.19. The SMILES string of the molecule is CC(=O)O[C@@H](C)c1ccc(CCOc2ccc(CC3(C(=O)OCc4ccccc4)SC(=O)NC3=O)cc2)nc1. The number of pyridine rings is 1. The standard InChI is InChI=1S/C29H28N2O7S/c1-19(38-20(2)32)23-10-11-24(30-17-23)14-15-36-25-12-8-21(9-13-25)16-29(26(33)31-28(35)39-29)27(34)37-18-22-6-4-3-5-7-22/h3-13,17,19H,14-16,18H2,1-2H3,(H,31,33,35)/t19-,29?/m0/s1. The summed E-state index contributed by atoms with van der Waals surface area (Å²) in [6, 6.07) is 19.8. The first-order valence-electron chi connectivity index (χ1n) is 12.3. The average Bonchev–Trinajstić information content (AvgIpc) is 3.22. The second kappa shape index (κ2) is 12.6. The van der Waals surface area contributed by atoms with Crippen LogP contribution in [0.2, 0.25) is 0 Å². The van der Waals surface area contributed by atoms with Crippen molar-refractivity contribution in [3.63, 3.8) is 0 Å². The fourth-order valence-electron chi connectivity index (χ4n) is 3.99. The number of carbonyl (C=O) groups is 4. The lowest BCUT2D eigenvalue weighted by Crippen LogP contribution is -2.46. The van der Waals surface area contributed by atoms with Crippen molar-refractivity contribution in [2.24, 2.45) is 0 Å². The van der Waals surface area contributed by atoms with E-state index in [1.807, 2.05) is 42.5 Å². The minimum atomic E-state index is -1.70. The van der Waals surface area contributed by atoms with Gasteiger partial charge in [-0.2, -0.15) is 0 Å². The van der Waals surface area contributed by atoms with Gasteiger partial charge in [0.15, 0.2) is 0 Å². The van der Waals surface area contributed by atoms with Crippen molar-refractivity contribution in [2.45, 2.75) is 44.1 Å². The first-order chi connectivity index (χ1) is 18.7. The number of nitrogens with one attached hydrogen (secondary N) is 1. The van der Waals surface area contributed by atoms with Crippen molar-refractivity contribution < 1.29 is 33.4 Å². The average molecular weight is 549 g/mol. The van der Waals surface area contributed by atoms with Crippen LogP contribution in [0.4, 0.5) is 4.79 Å². The second-order valence-electron chi connectivity index (χ2n) is 8.99. The van der Waals surface area contributed by atoms with E-state index in [1.165, 1.54) is 6.92 Å². The number of ether oxygens (including phenoxy) is 3. The molecule has 0 spiro atoms. The highest BCUT2D eigenvalue weighted by molar-refractivity contribution is 8.16. The van der Waals surface area contributed by atoms with Gasteiger partial charge in [0.25, 0.3) is 11.1 Å². The smallest absolute Gasteiger partial charge is 0.333 e. The van der Waals surface area contributed by atoms with Gasteiger partial charge in [-0.05, 0) is 48.0 Å². The number of nitrogens with zero attached hydrogens (tertiary/aromatic N) is 1. The van der Waals surface area contributed by atoms with Crippen molar-refractivity contribution >= 4 is 34.8 Å². The Morgan fingerprint density at radius 3 is 2.36 bits per heavy atom. The van der Waals surface area contributed by atoms with Gasteiger partial charge in [-0.15, -0.1) is 0 Å². The van der Waals surface area contributed by atoms with E-state index in [-0.39, 0.29) is 25.1 Å². The second-order valence-corrected chi connectivity index (χ2v) is 10.3. The summed E-state index contributed by atoms with van der Waals surface area (Å²) in [5.41, 5.74) is 3.09. The van der Waals surface area contributed by atoms with Crippen LogP contribution in [-0.4, -0.2) is 39.4 Å². The van der Waals surface area contributed by atoms with Gasteiger partial charge in [0.05, 0.1) is 6.61 Å². The Labute approximate surface area is 230 Å². The van der Waals surface area contributed by atoms with Crippen LogP contribution in [0.5, 0.6) is 5.75 Å². The number of amides is 2. The molecule has 1 N–H and O–H groups in total. The molecule has 2 atom stereocenters. The zero-order valence-electron chi connectivity index (χ0n) is 21.5. The highest BCUT2D eigenvalue weighted by atomic mass is 32.2. The van der Waals surface area contributed by atoms with E-state index in [4.69, 9.17) is 14.2 Å². The Hall–Kier alpha value is -4.18. The quantitative estimate of drug-likeness (QED) is 0.276. The molecule has 2 amide bonds. The first-order valence-corrected chi connectivity index (χ1v) is 13.2. The molecule has 1 aliphatic heterocycles. The van der Waals surface area contributed by atoms with Gasteiger partial charge in [0.2, 0.25) is 4.75 Å². The Kier molecular flexibility index (Phi) is 8.98. The Bertz CT molecular complexity index is 1330. The number of hydrogen-bond acceptors (Lipinski definition) is 9. The molecule has 3 aromatic rings. The summed E-state index contributed by atoms with van der Waals surface area (Å²) in [7, 11) is 0. The zero-order chi connectivity index (χ0) is 27.8. The van der Waals surface area contributed by atoms with Gasteiger partial charge in [0, 0.05) is 37.2 Å².